The monoisotopic (exact) mass is 557 g/mol. The Morgan fingerprint density at radius 3 is 2.40 bits per heavy atom. The van der Waals surface area contributed by atoms with Crippen LogP contribution in [-0.4, -0.2) is 79.2 Å². The molecule has 2 aliphatic heterocycles. The lowest BCUT2D eigenvalue weighted by molar-refractivity contribution is -0.132. The number of hydrogen-bond acceptors (Lipinski definition) is 7. The summed E-state index contributed by atoms with van der Waals surface area (Å²) >= 11 is 0. The molecule has 10 heteroatoms. The van der Waals surface area contributed by atoms with Crippen LogP contribution in [0, 0.1) is 11.8 Å². The van der Waals surface area contributed by atoms with E-state index in [0.29, 0.717) is 43.1 Å². The number of carbonyl (C=O) groups is 4. The maximum Gasteiger partial charge on any atom is 0.410 e. The van der Waals surface area contributed by atoms with Crippen LogP contribution in [-0.2, 0) is 23.9 Å². The minimum absolute atomic E-state index is 0.0248. The highest BCUT2D eigenvalue weighted by atomic mass is 16.6. The third-order valence-electron chi connectivity index (χ3n) is 7.54. The van der Waals surface area contributed by atoms with Crippen molar-refractivity contribution in [3.8, 4) is 5.75 Å². The number of carbonyl (C=O) groups excluding carboxylic acids is 4. The number of Topliss-reactive ketones (excluding diaryl/α,β-unsaturated/α-hetero) is 1. The number of benzene rings is 1. The number of fused-ring (bicyclic) bond motifs is 1. The highest BCUT2D eigenvalue weighted by molar-refractivity contribution is 6.04. The second-order valence-corrected chi connectivity index (χ2v) is 12.6. The highest BCUT2D eigenvalue weighted by Gasteiger charge is 2.44. The second-order valence-electron chi connectivity index (χ2n) is 12.6. The van der Waals surface area contributed by atoms with E-state index in [9.17, 15) is 19.2 Å². The third kappa shape index (κ3) is 6.59. The Morgan fingerprint density at radius 2 is 1.80 bits per heavy atom. The zero-order valence-electron chi connectivity index (χ0n) is 24.8. The average molecular weight is 558 g/mol. The quantitative estimate of drug-likeness (QED) is 0.442. The Kier molecular flexibility index (Phi) is 8.49. The van der Waals surface area contributed by atoms with Crippen molar-refractivity contribution in [2.75, 3.05) is 43.2 Å². The third-order valence-corrected chi connectivity index (χ3v) is 7.54. The van der Waals surface area contributed by atoms with Crippen LogP contribution in [0.3, 0.4) is 0 Å². The molecule has 0 bridgehead atoms. The number of hydrogen-bond donors (Lipinski definition) is 0. The SMILES string of the molecule is COCCCN1C(=O)C(C)(C)Oc2ccc(N(C(=O)C3CC(C(C)=O)CN(C(=O)OC(C)(C)C)C3)C3CC3)cc21. The van der Waals surface area contributed by atoms with E-state index in [-0.39, 0.29) is 36.7 Å². The van der Waals surface area contributed by atoms with E-state index in [1.165, 1.54) is 11.8 Å². The van der Waals surface area contributed by atoms with E-state index in [0.717, 1.165) is 12.8 Å². The van der Waals surface area contributed by atoms with Crippen LogP contribution in [0.25, 0.3) is 0 Å². The molecule has 2 atom stereocenters. The van der Waals surface area contributed by atoms with Gasteiger partial charge in [0, 0.05) is 51.0 Å². The van der Waals surface area contributed by atoms with Gasteiger partial charge in [0.15, 0.2) is 5.60 Å². The zero-order valence-corrected chi connectivity index (χ0v) is 24.8. The molecule has 40 heavy (non-hydrogen) atoms. The molecular formula is C30H43N3O7. The summed E-state index contributed by atoms with van der Waals surface area (Å²) in [4.78, 5) is 57.8. The summed E-state index contributed by atoms with van der Waals surface area (Å²) in [6.45, 7) is 11.8. The largest absolute Gasteiger partial charge is 0.476 e. The number of piperidine rings is 1. The molecule has 0 spiro atoms. The van der Waals surface area contributed by atoms with Crippen LogP contribution >= 0.6 is 0 Å². The van der Waals surface area contributed by atoms with Gasteiger partial charge in [-0.15, -0.1) is 0 Å². The van der Waals surface area contributed by atoms with Crippen LogP contribution in [0.4, 0.5) is 16.2 Å². The fourth-order valence-electron chi connectivity index (χ4n) is 5.39. The van der Waals surface area contributed by atoms with Crippen molar-refractivity contribution in [3.63, 3.8) is 0 Å². The summed E-state index contributed by atoms with van der Waals surface area (Å²) in [5.74, 6) is -0.744. The fraction of sp³-hybridized carbons (Fsp3) is 0.667. The van der Waals surface area contributed by atoms with E-state index >= 15 is 0 Å². The minimum atomic E-state index is -1.01. The molecule has 1 aliphatic carbocycles. The number of amides is 3. The number of rotatable bonds is 8. The number of nitrogens with zero attached hydrogens (tertiary/aromatic N) is 3. The van der Waals surface area contributed by atoms with Gasteiger partial charge in [-0.05, 0) is 85.4 Å². The van der Waals surface area contributed by atoms with Crippen LogP contribution in [0.1, 0.15) is 67.2 Å². The molecule has 3 amide bonds. The molecule has 1 aromatic rings. The topological polar surface area (TPSA) is 106 Å². The highest BCUT2D eigenvalue weighted by Crippen LogP contribution is 2.43. The summed E-state index contributed by atoms with van der Waals surface area (Å²) in [7, 11) is 1.63. The Bertz CT molecular complexity index is 1150. The van der Waals surface area contributed by atoms with E-state index in [4.69, 9.17) is 14.2 Å². The van der Waals surface area contributed by atoms with Gasteiger partial charge in [-0.25, -0.2) is 4.79 Å². The lowest BCUT2D eigenvalue weighted by Crippen LogP contribution is -2.53. The van der Waals surface area contributed by atoms with Crippen LogP contribution in [0.15, 0.2) is 18.2 Å². The summed E-state index contributed by atoms with van der Waals surface area (Å²) in [6, 6.07) is 5.54. The average Bonchev–Trinajstić information content (AvgIpc) is 3.70. The molecular weight excluding hydrogens is 514 g/mol. The molecule has 0 N–H and O–H groups in total. The van der Waals surface area contributed by atoms with Crippen molar-refractivity contribution in [1.29, 1.82) is 0 Å². The van der Waals surface area contributed by atoms with Crippen molar-refractivity contribution in [2.45, 2.75) is 84.5 Å². The molecule has 220 valence electrons. The van der Waals surface area contributed by atoms with Gasteiger partial charge in [-0.1, -0.05) is 0 Å². The Morgan fingerprint density at radius 1 is 1.12 bits per heavy atom. The van der Waals surface area contributed by atoms with Crippen molar-refractivity contribution in [1.82, 2.24) is 4.90 Å². The first kappa shape index (κ1) is 29.8. The molecule has 3 aliphatic rings. The van der Waals surface area contributed by atoms with Gasteiger partial charge < -0.3 is 28.9 Å². The van der Waals surface area contributed by atoms with Crippen LogP contribution in [0.5, 0.6) is 5.75 Å². The second kappa shape index (κ2) is 11.4. The molecule has 10 nitrogen and oxygen atoms in total. The van der Waals surface area contributed by atoms with E-state index in [1.54, 1.807) is 51.5 Å². The predicted octanol–water partition coefficient (Wildman–Crippen LogP) is 4.18. The fourth-order valence-corrected chi connectivity index (χ4v) is 5.39. The first-order chi connectivity index (χ1) is 18.7. The summed E-state index contributed by atoms with van der Waals surface area (Å²) in [5.41, 5.74) is -0.404. The molecule has 2 unspecified atom stereocenters. The van der Waals surface area contributed by atoms with Crippen molar-refractivity contribution < 1.29 is 33.4 Å². The molecule has 4 rings (SSSR count). The van der Waals surface area contributed by atoms with Gasteiger partial charge in [-0.2, -0.15) is 0 Å². The van der Waals surface area contributed by atoms with Crippen LogP contribution in [0.2, 0.25) is 0 Å². The standard InChI is InChI=1S/C30H43N3O7/c1-19(34)20-15-21(18-31(17-20)28(37)40-29(2,3)4)26(35)33(22-9-10-22)23-11-12-25-24(16-23)32(13-8-14-38-7)27(36)30(5,6)39-25/h11-12,16,20-22H,8-10,13-15,17-18H2,1-7H3. The molecule has 1 saturated heterocycles. The molecule has 1 aromatic carbocycles. The predicted molar refractivity (Wildman–Crippen MR) is 151 cm³/mol. The number of likely N-dealkylation sites (tertiary alicyclic amines) is 1. The number of ketones is 1. The van der Waals surface area contributed by atoms with Gasteiger partial charge in [0.1, 0.15) is 17.1 Å². The zero-order chi connectivity index (χ0) is 29.4. The van der Waals surface area contributed by atoms with Crippen molar-refractivity contribution in [3.05, 3.63) is 18.2 Å². The Hall–Kier alpha value is -3.14. The van der Waals surface area contributed by atoms with Crippen molar-refractivity contribution >= 4 is 35.1 Å². The lowest BCUT2D eigenvalue weighted by Gasteiger charge is -2.40. The van der Waals surface area contributed by atoms with E-state index < -0.39 is 29.1 Å². The number of methoxy groups -OCH3 is 1. The van der Waals surface area contributed by atoms with Crippen LogP contribution < -0.4 is 14.5 Å². The van der Waals surface area contributed by atoms with Gasteiger partial charge in [0.05, 0.1) is 11.6 Å². The first-order valence-electron chi connectivity index (χ1n) is 14.2. The smallest absolute Gasteiger partial charge is 0.410 e. The molecule has 0 radical (unpaired) electrons. The summed E-state index contributed by atoms with van der Waals surface area (Å²) in [5, 5.41) is 0. The minimum Gasteiger partial charge on any atom is -0.476 e. The van der Waals surface area contributed by atoms with Crippen molar-refractivity contribution in [2.24, 2.45) is 11.8 Å². The lowest BCUT2D eigenvalue weighted by atomic mass is 9.86. The first-order valence-corrected chi connectivity index (χ1v) is 14.2. The molecule has 2 fully saturated rings. The normalized spacial score (nSPS) is 22.3. The number of ether oxygens (including phenoxy) is 3. The molecule has 2 heterocycles. The van der Waals surface area contributed by atoms with Gasteiger partial charge in [0.25, 0.3) is 5.91 Å². The maximum absolute atomic E-state index is 14.1. The molecule has 1 saturated carbocycles. The summed E-state index contributed by atoms with van der Waals surface area (Å²) in [6.07, 6.45) is 2.24. The summed E-state index contributed by atoms with van der Waals surface area (Å²) < 4.78 is 16.8. The van der Waals surface area contributed by atoms with E-state index in [1.807, 2.05) is 18.2 Å². The van der Waals surface area contributed by atoms with E-state index in [2.05, 4.69) is 0 Å². The Balaban J connectivity index is 1.63. The number of anilines is 2. The molecule has 0 aromatic heterocycles. The van der Waals surface area contributed by atoms with Gasteiger partial charge in [-0.3, -0.25) is 14.4 Å². The van der Waals surface area contributed by atoms with Gasteiger partial charge in [0.2, 0.25) is 5.91 Å². The Labute approximate surface area is 236 Å². The van der Waals surface area contributed by atoms with Gasteiger partial charge >= 0.3 is 6.09 Å². The maximum atomic E-state index is 14.1.